The third-order valence-electron chi connectivity index (χ3n) is 4.88. The number of carbonyl (C=O) groups excluding carboxylic acids is 1. The molecule has 0 spiro atoms. The first kappa shape index (κ1) is 31.7. The SMILES string of the molecule is CC(C)(NC(=O)c1ccc(/C=C/C(c2cc(Cl)c(Cl)c(Cl)c2)C(F)(F)F)cc1Br)C(=S)NCC(F)(F)F. The van der Waals surface area contributed by atoms with E-state index in [1.54, 1.807) is 0 Å². The normalized spacial score (nSPS) is 13.5. The summed E-state index contributed by atoms with van der Waals surface area (Å²) in [5.41, 5.74) is -1.12. The lowest BCUT2D eigenvalue weighted by Gasteiger charge is -2.28. The van der Waals surface area contributed by atoms with Crippen LogP contribution in [0.25, 0.3) is 6.08 Å². The van der Waals surface area contributed by atoms with Gasteiger partial charge < -0.3 is 10.6 Å². The van der Waals surface area contributed by atoms with Gasteiger partial charge in [0.25, 0.3) is 5.91 Å². The molecule has 2 aromatic carbocycles. The molecule has 0 fully saturated rings. The molecule has 0 radical (unpaired) electrons. The molecule has 0 aliphatic heterocycles. The highest BCUT2D eigenvalue weighted by molar-refractivity contribution is 9.10. The highest BCUT2D eigenvalue weighted by Crippen LogP contribution is 2.41. The number of benzene rings is 2. The number of rotatable bonds is 7. The van der Waals surface area contributed by atoms with E-state index < -0.39 is 36.3 Å². The average molecular weight is 671 g/mol. The molecule has 1 amide bonds. The predicted octanol–water partition coefficient (Wildman–Crippen LogP) is 8.76. The lowest BCUT2D eigenvalue weighted by Crippen LogP contribution is -2.55. The van der Waals surface area contributed by atoms with Crippen LogP contribution in [0.2, 0.25) is 15.1 Å². The minimum atomic E-state index is -4.67. The fourth-order valence-electron chi connectivity index (χ4n) is 3.00. The van der Waals surface area contributed by atoms with Crippen molar-refractivity contribution >= 4 is 79.9 Å². The van der Waals surface area contributed by atoms with E-state index >= 15 is 0 Å². The fraction of sp³-hybridized carbons (Fsp3) is 0.304. The molecule has 2 rings (SSSR count). The van der Waals surface area contributed by atoms with Gasteiger partial charge in [0.2, 0.25) is 0 Å². The molecule has 1 atom stereocenters. The lowest BCUT2D eigenvalue weighted by molar-refractivity contribution is -0.139. The molecule has 37 heavy (non-hydrogen) atoms. The van der Waals surface area contributed by atoms with E-state index in [-0.39, 0.29) is 35.7 Å². The van der Waals surface area contributed by atoms with E-state index in [1.807, 2.05) is 0 Å². The van der Waals surface area contributed by atoms with Gasteiger partial charge in [-0.15, -0.1) is 0 Å². The third kappa shape index (κ3) is 9.02. The number of nitrogens with one attached hydrogen (secondary N) is 2. The van der Waals surface area contributed by atoms with Crippen molar-refractivity contribution in [2.45, 2.75) is 37.7 Å². The Morgan fingerprint density at radius 2 is 1.62 bits per heavy atom. The third-order valence-corrected chi connectivity index (χ3v) is 7.39. The number of allylic oxidation sites excluding steroid dienone is 1. The summed E-state index contributed by atoms with van der Waals surface area (Å²) in [6.07, 6.45) is -7.04. The van der Waals surface area contributed by atoms with Crippen molar-refractivity contribution in [3.8, 4) is 0 Å². The van der Waals surface area contributed by atoms with Crippen molar-refractivity contribution in [1.29, 1.82) is 0 Å². The maximum atomic E-state index is 13.8. The molecule has 0 aliphatic carbocycles. The maximum absolute atomic E-state index is 13.8. The molecule has 0 aromatic heterocycles. The first-order valence-corrected chi connectivity index (χ1v) is 12.5. The lowest BCUT2D eigenvalue weighted by atomic mass is 9.97. The standard InChI is InChI=1S/C23H18BrCl3F6N2OS/c1-21(2,20(37)34-10-22(28,29)30)35-19(36)13-5-3-11(7-15(13)24)4-6-14(23(31,32)33)12-8-16(25)18(27)17(26)9-12/h3-9,14H,10H2,1-2H3,(H,34,37)(H,35,36)/b6-4+. The Labute approximate surface area is 237 Å². The van der Waals surface area contributed by atoms with Crippen LogP contribution in [0.3, 0.4) is 0 Å². The van der Waals surface area contributed by atoms with Crippen molar-refractivity contribution in [3.63, 3.8) is 0 Å². The zero-order chi connectivity index (χ0) is 28.3. The molecule has 0 saturated carbocycles. The molecule has 202 valence electrons. The van der Waals surface area contributed by atoms with Crippen LogP contribution in [-0.2, 0) is 0 Å². The summed E-state index contributed by atoms with van der Waals surface area (Å²) in [6.45, 7) is 1.49. The Morgan fingerprint density at radius 1 is 1.05 bits per heavy atom. The van der Waals surface area contributed by atoms with Gasteiger partial charge in [0.15, 0.2) is 0 Å². The number of halogens is 10. The van der Waals surface area contributed by atoms with Gasteiger partial charge in [0, 0.05) is 4.47 Å². The first-order chi connectivity index (χ1) is 16.8. The molecular weight excluding hydrogens is 653 g/mol. The molecule has 14 heteroatoms. The second kappa shape index (κ2) is 12.1. The Kier molecular flexibility index (Phi) is 10.4. The van der Waals surface area contributed by atoms with Crippen LogP contribution < -0.4 is 10.6 Å². The molecule has 2 aromatic rings. The van der Waals surface area contributed by atoms with E-state index in [4.69, 9.17) is 47.0 Å². The van der Waals surface area contributed by atoms with Crippen molar-refractivity contribution in [1.82, 2.24) is 10.6 Å². The van der Waals surface area contributed by atoms with Crippen LogP contribution in [0.1, 0.15) is 41.3 Å². The van der Waals surface area contributed by atoms with E-state index in [9.17, 15) is 31.1 Å². The highest BCUT2D eigenvalue weighted by Gasteiger charge is 2.39. The minimum Gasteiger partial charge on any atom is -0.369 e. The molecule has 0 aliphatic rings. The second-order valence-electron chi connectivity index (χ2n) is 8.29. The Hall–Kier alpha value is -1.53. The minimum absolute atomic E-state index is 0.0603. The van der Waals surface area contributed by atoms with Crippen molar-refractivity contribution in [3.05, 3.63) is 72.6 Å². The topological polar surface area (TPSA) is 41.1 Å². The average Bonchev–Trinajstić information content (AvgIpc) is 2.74. The van der Waals surface area contributed by atoms with Crippen LogP contribution in [-0.4, -0.2) is 35.3 Å². The number of amides is 1. The van der Waals surface area contributed by atoms with Gasteiger partial charge in [0.05, 0.1) is 32.1 Å². The van der Waals surface area contributed by atoms with E-state index in [2.05, 4.69) is 26.6 Å². The van der Waals surface area contributed by atoms with Gasteiger partial charge in [-0.25, -0.2) is 0 Å². The summed E-state index contributed by atoms with van der Waals surface area (Å²) >= 11 is 25.8. The molecule has 1 unspecified atom stereocenters. The van der Waals surface area contributed by atoms with Gasteiger partial charge in [-0.1, -0.05) is 65.2 Å². The van der Waals surface area contributed by atoms with E-state index in [0.717, 1.165) is 18.2 Å². The fourth-order valence-corrected chi connectivity index (χ4v) is 4.31. The summed E-state index contributed by atoms with van der Waals surface area (Å²) in [5.74, 6) is -2.71. The zero-order valence-corrected chi connectivity index (χ0v) is 23.6. The number of thiocarbonyl (C=S) groups is 1. The second-order valence-corrected chi connectivity index (χ2v) is 10.7. The predicted molar refractivity (Wildman–Crippen MR) is 142 cm³/mol. The van der Waals surface area contributed by atoms with Crippen LogP contribution in [0.15, 0.2) is 40.9 Å². The molecule has 0 saturated heterocycles. The molecule has 0 bridgehead atoms. The van der Waals surface area contributed by atoms with Crippen molar-refractivity contribution < 1.29 is 31.1 Å². The highest BCUT2D eigenvalue weighted by atomic mass is 79.9. The van der Waals surface area contributed by atoms with E-state index in [1.165, 1.54) is 38.1 Å². The maximum Gasteiger partial charge on any atom is 0.405 e. The number of hydrogen-bond acceptors (Lipinski definition) is 2. The smallest absolute Gasteiger partial charge is 0.369 e. The number of carbonyl (C=O) groups is 1. The number of hydrogen-bond donors (Lipinski definition) is 2. The largest absolute Gasteiger partial charge is 0.405 e. The van der Waals surface area contributed by atoms with E-state index in [0.29, 0.717) is 5.56 Å². The van der Waals surface area contributed by atoms with Crippen molar-refractivity contribution in [2.24, 2.45) is 0 Å². The van der Waals surface area contributed by atoms with Gasteiger partial charge in [-0.05, 0) is 65.2 Å². The summed E-state index contributed by atoms with van der Waals surface area (Å²) in [4.78, 5) is 12.5. The van der Waals surface area contributed by atoms with Gasteiger partial charge >= 0.3 is 12.4 Å². The monoisotopic (exact) mass is 668 g/mol. The number of alkyl halides is 6. The first-order valence-electron chi connectivity index (χ1n) is 10.2. The Balaban J connectivity index is 2.24. The molecule has 0 heterocycles. The summed E-state index contributed by atoms with van der Waals surface area (Å²) in [5, 5.41) is 4.29. The summed E-state index contributed by atoms with van der Waals surface area (Å²) in [6, 6.07) is 6.32. The summed E-state index contributed by atoms with van der Waals surface area (Å²) < 4.78 is 78.8. The van der Waals surface area contributed by atoms with Crippen LogP contribution in [0, 0.1) is 0 Å². The Bertz CT molecular complexity index is 1190. The van der Waals surface area contributed by atoms with Crippen molar-refractivity contribution in [2.75, 3.05) is 6.54 Å². The molecule has 2 N–H and O–H groups in total. The molecular formula is C23H18BrCl3F6N2OS. The van der Waals surface area contributed by atoms with Crippen LogP contribution in [0.5, 0.6) is 0 Å². The van der Waals surface area contributed by atoms with Gasteiger partial charge in [0.1, 0.15) is 11.5 Å². The molecule has 3 nitrogen and oxygen atoms in total. The van der Waals surface area contributed by atoms with Gasteiger partial charge in [-0.2, -0.15) is 26.3 Å². The Morgan fingerprint density at radius 3 is 2.11 bits per heavy atom. The van der Waals surface area contributed by atoms with Gasteiger partial charge in [-0.3, -0.25) is 4.79 Å². The van der Waals surface area contributed by atoms with Crippen LogP contribution >= 0.6 is 63.0 Å². The zero-order valence-electron chi connectivity index (χ0n) is 18.9. The summed E-state index contributed by atoms with van der Waals surface area (Å²) in [7, 11) is 0. The quantitative estimate of drug-likeness (QED) is 0.176. The van der Waals surface area contributed by atoms with Crippen LogP contribution in [0.4, 0.5) is 26.3 Å².